The summed E-state index contributed by atoms with van der Waals surface area (Å²) in [6.07, 6.45) is 3.47. The van der Waals surface area contributed by atoms with Crippen LogP contribution in [0, 0.1) is 13.8 Å². The van der Waals surface area contributed by atoms with Crippen LogP contribution in [0.2, 0.25) is 0 Å². The van der Waals surface area contributed by atoms with Crippen molar-refractivity contribution in [3.8, 4) is 5.75 Å². The maximum Gasteiger partial charge on any atom is 0.291 e. The lowest BCUT2D eigenvalue weighted by Crippen LogP contribution is -2.11. The summed E-state index contributed by atoms with van der Waals surface area (Å²) >= 11 is 0. The number of rotatable bonds is 7. The molecule has 168 valence electrons. The van der Waals surface area contributed by atoms with Crippen molar-refractivity contribution in [2.75, 3.05) is 5.32 Å². The number of anilines is 1. The van der Waals surface area contributed by atoms with Crippen LogP contribution in [0.15, 0.2) is 65.1 Å². The monoisotopic (exact) mass is 441 g/mol. The maximum absolute atomic E-state index is 12.7. The van der Waals surface area contributed by atoms with E-state index in [0.717, 1.165) is 35.5 Å². The summed E-state index contributed by atoms with van der Waals surface area (Å²) in [5.41, 5.74) is 6.65. The van der Waals surface area contributed by atoms with Crippen molar-refractivity contribution < 1.29 is 13.9 Å². The number of aromatic nitrogens is 2. The van der Waals surface area contributed by atoms with Gasteiger partial charge in [-0.2, -0.15) is 5.10 Å². The molecule has 5 rings (SSSR count). The molecule has 0 atom stereocenters. The minimum Gasteiger partial charge on any atom is -0.486 e. The van der Waals surface area contributed by atoms with Gasteiger partial charge in [-0.15, -0.1) is 0 Å². The highest BCUT2D eigenvalue weighted by Crippen LogP contribution is 2.26. The zero-order chi connectivity index (χ0) is 22.8. The Morgan fingerprint density at radius 3 is 2.79 bits per heavy atom. The summed E-state index contributed by atoms with van der Waals surface area (Å²) in [6, 6.07) is 19.5. The highest BCUT2D eigenvalue weighted by Gasteiger charge is 2.14. The third kappa shape index (κ3) is 4.85. The van der Waals surface area contributed by atoms with Crippen molar-refractivity contribution in [1.82, 2.24) is 9.78 Å². The zero-order valence-electron chi connectivity index (χ0n) is 18.9. The van der Waals surface area contributed by atoms with Gasteiger partial charge >= 0.3 is 0 Å². The van der Waals surface area contributed by atoms with E-state index >= 15 is 0 Å². The van der Waals surface area contributed by atoms with Gasteiger partial charge in [0.1, 0.15) is 18.1 Å². The summed E-state index contributed by atoms with van der Waals surface area (Å²) in [5.74, 6) is 1.41. The van der Waals surface area contributed by atoms with Gasteiger partial charge in [-0.1, -0.05) is 18.2 Å². The smallest absolute Gasteiger partial charge is 0.291 e. The van der Waals surface area contributed by atoms with Crippen molar-refractivity contribution >= 4 is 11.6 Å². The second-order valence-corrected chi connectivity index (χ2v) is 8.58. The number of nitrogens with zero attached hydrogens (tertiary/aromatic N) is 2. The van der Waals surface area contributed by atoms with E-state index < -0.39 is 0 Å². The Bertz CT molecular complexity index is 1300. The van der Waals surface area contributed by atoms with E-state index in [9.17, 15) is 4.79 Å². The van der Waals surface area contributed by atoms with Crippen molar-refractivity contribution in [1.29, 1.82) is 0 Å². The Hall–Kier alpha value is -3.80. The van der Waals surface area contributed by atoms with Crippen LogP contribution in [0.5, 0.6) is 5.75 Å². The first-order chi connectivity index (χ1) is 16.0. The van der Waals surface area contributed by atoms with Gasteiger partial charge in [0, 0.05) is 11.4 Å². The van der Waals surface area contributed by atoms with Crippen LogP contribution in [0.25, 0.3) is 0 Å². The van der Waals surface area contributed by atoms with Crippen molar-refractivity contribution in [2.45, 2.75) is 46.3 Å². The molecule has 6 nitrogen and oxygen atoms in total. The van der Waals surface area contributed by atoms with E-state index in [2.05, 4.69) is 22.5 Å². The molecule has 0 bridgehead atoms. The van der Waals surface area contributed by atoms with Gasteiger partial charge in [-0.05, 0) is 92.3 Å². The summed E-state index contributed by atoms with van der Waals surface area (Å²) in [6.45, 7) is 4.95. The molecular formula is C27H27N3O3. The quantitative estimate of drug-likeness (QED) is 0.413. The van der Waals surface area contributed by atoms with Gasteiger partial charge in [0.15, 0.2) is 5.76 Å². The third-order valence-electron chi connectivity index (χ3n) is 5.96. The molecule has 1 N–H and O–H groups in total. The predicted molar refractivity (Wildman–Crippen MR) is 127 cm³/mol. The first-order valence-electron chi connectivity index (χ1n) is 11.3. The van der Waals surface area contributed by atoms with Crippen LogP contribution in [0.3, 0.4) is 0 Å². The summed E-state index contributed by atoms with van der Waals surface area (Å²) in [5, 5.41) is 7.42. The molecule has 0 fully saturated rings. The topological polar surface area (TPSA) is 69.3 Å². The predicted octanol–water partition coefficient (Wildman–Crippen LogP) is 5.46. The minimum absolute atomic E-state index is 0.256. The average Bonchev–Trinajstić information content (AvgIpc) is 3.52. The number of aryl methyl sites for hydroxylation is 4. The van der Waals surface area contributed by atoms with Crippen LogP contribution in [0.1, 0.15) is 50.8 Å². The number of benzene rings is 2. The minimum atomic E-state index is -0.290. The van der Waals surface area contributed by atoms with Gasteiger partial charge < -0.3 is 14.5 Å². The highest BCUT2D eigenvalue weighted by molar-refractivity contribution is 6.02. The number of carbonyl (C=O) groups excluding carboxylic acids is 1. The summed E-state index contributed by atoms with van der Waals surface area (Å²) in [4.78, 5) is 12.7. The molecule has 2 heterocycles. The lowest BCUT2D eigenvalue weighted by Gasteiger charge is -2.08. The molecule has 0 spiro atoms. The molecule has 1 aliphatic carbocycles. The number of amides is 1. The van der Waals surface area contributed by atoms with E-state index in [-0.39, 0.29) is 18.3 Å². The lowest BCUT2D eigenvalue weighted by atomic mass is 10.1. The molecule has 0 radical (unpaired) electrons. The van der Waals surface area contributed by atoms with Crippen LogP contribution in [-0.2, 0) is 26.0 Å². The fraction of sp³-hybridized carbons (Fsp3) is 0.259. The van der Waals surface area contributed by atoms with E-state index in [1.54, 1.807) is 12.1 Å². The van der Waals surface area contributed by atoms with Gasteiger partial charge in [0.2, 0.25) is 0 Å². The van der Waals surface area contributed by atoms with Crippen LogP contribution < -0.4 is 10.1 Å². The number of hydrogen-bond acceptors (Lipinski definition) is 4. The highest BCUT2D eigenvalue weighted by atomic mass is 16.5. The third-order valence-corrected chi connectivity index (χ3v) is 5.96. The number of ether oxygens (including phenoxy) is 1. The van der Waals surface area contributed by atoms with Crippen LogP contribution in [-0.4, -0.2) is 15.7 Å². The van der Waals surface area contributed by atoms with E-state index in [0.29, 0.717) is 18.0 Å². The Morgan fingerprint density at radius 2 is 1.94 bits per heavy atom. The van der Waals surface area contributed by atoms with Crippen molar-refractivity contribution in [3.63, 3.8) is 0 Å². The first-order valence-corrected chi connectivity index (χ1v) is 11.3. The molecule has 2 aromatic carbocycles. The normalized spacial score (nSPS) is 12.5. The Labute approximate surface area is 193 Å². The molecule has 6 heteroatoms. The van der Waals surface area contributed by atoms with Gasteiger partial charge in [-0.3, -0.25) is 9.48 Å². The zero-order valence-corrected chi connectivity index (χ0v) is 18.9. The molecular weight excluding hydrogens is 414 g/mol. The maximum atomic E-state index is 12.7. The standard InChI is InChI=1S/C27H27N3O3/c1-18-13-19(2)30(29-18)16-20-5-3-8-23(14-20)28-27(31)26-12-11-25(33-26)17-32-24-10-9-21-6-4-7-22(21)15-24/h3,5,8-15H,4,6-7,16-17H2,1-2H3,(H,28,31). The number of nitrogens with one attached hydrogen (secondary N) is 1. The average molecular weight is 442 g/mol. The molecule has 33 heavy (non-hydrogen) atoms. The molecule has 0 saturated carbocycles. The van der Waals surface area contributed by atoms with Gasteiger partial charge in [0.05, 0.1) is 12.2 Å². The van der Waals surface area contributed by atoms with Crippen LogP contribution in [0.4, 0.5) is 5.69 Å². The molecule has 1 aliphatic rings. The number of fused-ring (bicyclic) bond motifs is 1. The Morgan fingerprint density at radius 1 is 1.06 bits per heavy atom. The molecule has 1 amide bonds. The second-order valence-electron chi connectivity index (χ2n) is 8.58. The van der Waals surface area contributed by atoms with E-state index in [4.69, 9.17) is 9.15 Å². The van der Waals surface area contributed by atoms with E-state index in [1.807, 2.05) is 54.9 Å². The molecule has 0 saturated heterocycles. The second kappa shape index (κ2) is 8.98. The van der Waals surface area contributed by atoms with Crippen molar-refractivity contribution in [2.24, 2.45) is 0 Å². The number of hydrogen-bond donors (Lipinski definition) is 1. The Balaban J connectivity index is 1.20. The fourth-order valence-electron chi connectivity index (χ4n) is 4.32. The first kappa shape index (κ1) is 21.1. The molecule has 0 aliphatic heterocycles. The molecule has 4 aromatic rings. The molecule has 2 aromatic heterocycles. The summed E-state index contributed by atoms with van der Waals surface area (Å²) in [7, 11) is 0. The largest absolute Gasteiger partial charge is 0.486 e. The number of furan rings is 1. The van der Waals surface area contributed by atoms with Gasteiger partial charge in [0.25, 0.3) is 5.91 Å². The summed E-state index contributed by atoms with van der Waals surface area (Å²) < 4.78 is 13.6. The number of carbonyl (C=O) groups is 1. The fourth-order valence-corrected chi connectivity index (χ4v) is 4.32. The molecule has 0 unspecified atom stereocenters. The van der Waals surface area contributed by atoms with E-state index in [1.165, 1.54) is 17.5 Å². The Kier molecular flexibility index (Phi) is 5.73. The lowest BCUT2D eigenvalue weighted by molar-refractivity contribution is 0.0992. The van der Waals surface area contributed by atoms with Gasteiger partial charge in [-0.25, -0.2) is 0 Å². The van der Waals surface area contributed by atoms with Crippen LogP contribution >= 0.6 is 0 Å². The van der Waals surface area contributed by atoms with Crippen molar-refractivity contribution in [3.05, 3.63) is 100 Å². The SMILES string of the molecule is Cc1cc(C)n(Cc2cccc(NC(=O)c3ccc(COc4ccc5c(c4)CCC5)o3)c2)n1.